The van der Waals surface area contributed by atoms with Gasteiger partial charge >= 0.3 is 33.9 Å². The van der Waals surface area contributed by atoms with Crippen molar-refractivity contribution >= 4 is 12.6 Å². The van der Waals surface area contributed by atoms with Crippen LogP contribution in [0.2, 0.25) is 0 Å². The zero-order chi connectivity index (χ0) is 12.2. The maximum atomic E-state index is 9.56. The Morgan fingerprint density at radius 3 is 0.933 bits per heavy atom. The fraction of sp³-hybridized carbons (Fsp3) is 0. The SMILES string of the molecule is O=CC=CC=CC=O.[C-]#[O+].[C-]#[O+].[C-]#[O+].[Fe]. The smallest absolute Gasteiger partial charge is 0 e. The van der Waals surface area contributed by atoms with Gasteiger partial charge in [0.05, 0.1) is 0 Å². The predicted octanol–water partition coefficient (Wildman–Crippen LogP) is 0.382. The van der Waals surface area contributed by atoms with E-state index in [1.54, 1.807) is 0 Å². The molecule has 0 atom stereocenters. The Hall–Kier alpha value is -1.44. The van der Waals surface area contributed by atoms with Crippen LogP contribution in [0.3, 0.4) is 0 Å². The molecule has 0 N–H and O–H groups in total. The van der Waals surface area contributed by atoms with E-state index in [2.05, 4.69) is 20.0 Å². The molecule has 0 aromatic carbocycles. The van der Waals surface area contributed by atoms with Crippen molar-refractivity contribution in [2.24, 2.45) is 0 Å². The minimum Gasteiger partial charge on any atom is 0 e. The fourth-order valence-electron chi connectivity index (χ4n) is 0.219. The Balaban J connectivity index is -0.0000000410. The van der Waals surface area contributed by atoms with Gasteiger partial charge in [-0.05, 0) is 12.2 Å². The van der Waals surface area contributed by atoms with Crippen LogP contribution in [0.15, 0.2) is 24.3 Å². The van der Waals surface area contributed by atoms with Gasteiger partial charge in [-0.1, -0.05) is 12.2 Å². The van der Waals surface area contributed by atoms with Gasteiger partial charge in [-0.25, -0.2) is 0 Å². The van der Waals surface area contributed by atoms with Gasteiger partial charge < -0.3 is 0 Å². The molecule has 15 heavy (non-hydrogen) atoms. The summed E-state index contributed by atoms with van der Waals surface area (Å²) in [6, 6.07) is 0. The van der Waals surface area contributed by atoms with Gasteiger partial charge in [0, 0.05) is 17.1 Å². The molecule has 0 bridgehead atoms. The molecule has 0 aliphatic carbocycles. The average molecular weight is 250 g/mol. The molecule has 0 aromatic rings. The standard InChI is InChI=1S/C6H6O2.3CO.Fe/c7-5-3-1-2-4-6-8;3*1-2;/h1-6H;;;;. The molecular formula is C9H6FeO5. The van der Waals surface area contributed by atoms with E-state index in [9.17, 15) is 9.59 Å². The van der Waals surface area contributed by atoms with E-state index in [1.165, 1.54) is 24.3 Å². The van der Waals surface area contributed by atoms with Gasteiger partial charge in [-0.15, -0.1) is 0 Å². The minimum absolute atomic E-state index is 0. The van der Waals surface area contributed by atoms with E-state index in [-0.39, 0.29) is 17.1 Å². The quantitative estimate of drug-likeness (QED) is 0.181. The van der Waals surface area contributed by atoms with Crippen LogP contribution < -0.4 is 0 Å². The van der Waals surface area contributed by atoms with E-state index >= 15 is 0 Å². The molecule has 6 heteroatoms. The summed E-state index contributed by atoms with van der Waals surface area (Å²) in [5, 5.41) is 0. The van der Waals surface area contributed by atoms with Crippen molar-refractivity contribution in [2.75, 3.05) is 0 Å². The van der Waals surface area contributed by atoms with Crippen LogP contribution in [0.5, 0.6) is 0 Å². The second kappa shape index (κ2) is 80.7. The molecule has 80 valence electrons. The van der Waals surface area contributed by atoms with Crippen LogP contribution in [0.4, 0.5) is 0 Å². The Morgan fingerprint density at radius 2 is 0.800 bits per heavy atom. The monoisotopic (exact) mass is 250 g/mol. The summed E-state index contributed by atoms with van der Waals surface area (Å²) in [5.74, 6) is 0. The third kappa shape index (κ3) is 111. The van der Waals surface area contributed by atoms with Gasteiger partial charge in [0.25, 0.3) is 0 Å². The van der Waals surface area contributed by atoms with Crippen molar-refractivity contribution in [2.45, 2.75) is 0 Å². The molecule has 0 radical (unpaired) electrons. The molecule has 0 aromatic heterocycles. The van der Waals surface area contributed by atoms with Gasteiger partial charge in [-0.3, -0.25) is 9.59 Å². The normalized spacial score (nSPS) is 6.00. The molecule has 0 amide bonds. The molecule has 0 fully saturated rings. The number of carbonyl (C=O) groups excluding carboxylic acids is 2. The minimum atomic E-state index is 0. The summed E-state index contributed by atoms with van der Waals surface area (Å²) < 4.78 is 22.5. The number of rotatable bonds is 3. The summed E-state index contributed by atoms with van der Waals surface area (Å²) >= 11 is 0. The van der Waals surface area contributed by atoms with Crippen molar-refractivity contribution in [1.82, 2.24) is 0 Å². The third-order valence-electron chi connectivity index (χ3n) is 0.490. The van der Waals surface area contributed by atoms with Gasteiger partial charge in [0.15, 0.2) is 0 Å². The van der Waals surface area contributed by atoms with Crippen molar-refractivity contribution in [3.63, 3.8) is 0 Å². The van der Waals surface area contributed by atoms with E-state index < -0.39 is 0 Å². The molecule has 0 rings (SSSR count). The number of hydrogen-bond acceptors (Lipinski definition) is 2. The molecule has 0 aliphatic heterocycles. The predicted molar refractivity (Wildman–Crippen MR) is 42.2 cm³/mol. The van der Waals surface area contributed by atoms with Crippen LogP contribution in [-0.2, 0) is 40.6 Å². The molecule has 5 nitrogen and oxygen atoms in total. The van der Waals surface area contributed by atoms with E-state index in [4.69, 9.17) is 14.0 Å². The molecule has 0 saturated carbocycles. The van der Waals surface area contributed by atoms with Gasteiger partial charge in [-0.2, -0.15) is 0 Å². The van der Waals surface area contributed by atoms with Gasteiger partial charge in [0.2, 0.25) is 0 Å². The van der Waals surface area contributed by atoms with Crippen LogP contribution in [0, 0.1) is 20.0 Å². The van der Waals surface area contributed by atoms with Crippen molar-refractivity contribution in [3.05, 3.63) is 44.3 Å². The summed E-state index contributed by atoms with van der Waals surface area (Å²) in [7, 11) is 0. The maximum Gasteiger partial charge on any atom is 0 e. The molecule has 0 saturated heterocycles. The average Bonchev–Trinajstić information content (AvgIpc) is 2.33. The van der Waals surface area contributed by atoms with Crippen molar-refractivity contribution < 1.29 is 40.6 Å². The van der Waals surface area contributed by atoms with E-state index in [1.807, 2.05) is 0 Å². The number of hydrogen-bond donors (Lipinski definition) is 0. The van der Waals surface area contributed by atoms with Crippen LogP contribution >= 0.6 is 0 Å². The van der Waals surface area contributed by atoms with E-state index in [0.29, 0.717) is 12.6 Å². The van der Waals surface area contributed by atoms with Crippen LogP contribution in [-0.4, -0.2) is 12.6 Å². The summed E-state index contributed by atoms with van der Waals surface area (Å²) in [4.78, 5) is 19.1. The Labute approximate surface area is 97.9 Å². The second-order valence-electron chi connectivity index (χ2n) is 1.04. The zero-order valence-corrected chi connectivity index (χ0v) is 8.46. The Bertz CT molecular complexity index is 194. The van der Waals surface area contributed by atoms with Gasteiger partial charge in [0.1, 0.15) is 12.6 Å². The topological polar surface area (TPSA) is 93.8 Å². The molecule has 0 unspecified atom stereocenters. The molecule has 0 heterocycles. The first kappa shape index (κ1) is 29.2. The molecule has 0 aliphatic rings. The Morgan fingerprint density at radius 1 is 0.600 bits per heavy atom. The number of allylic oxidation sites excluding steroid dienone is 4. The molecule has 0 spiro atoms. The third-order valence-corrected chi connectivity index (χ3v) is 0.490. The number of aldehydes is 2. The summed E-state index contributed by atoms with van der Waals surface area (Å²) in [6.45, 7) is 13.5. The zero-order valence-electron chi connectivity index (χ0n) is 7.36. The molecular weight excluding hydrogens is 244 g/mol. The maximum absolute atomic E-state index is 9.56. The summed E-state index contributed by atoms with van der Waals surface area (Å²) in [5.41, 5.74) is 0. The summed E-state index contributed by atoms with van der Waals surface area (Å²) in [6.07, 6.45) is 6.88. The largest absolute Gasteiger partial charge is 0 e. The first-order valence-electron chi connectivity index (χ1n) is 2.75. The Kier molecular flexibility index (Phi) is 157. The first-order chi connectivity index (χ1) is 6.91. The van der Waals surface area contributed by atoms with Crippen molar-refractivity contribution in [3.8, 4) is 0 Å². The van der Waals surface area contributed by atoms with Crippen LogP contribution in [0.25, 0.3) is 0 Å². The van der Waals surface area contributed by atoms with E-state index in [0.717, 1.165) is 0 Å². The van der Waals surface area contributed by atoms with Crippen LogP contribution in [0.1, 0.15) is 0 Å². The fourth-order valence-corrected chi connectivity index (χ4v) is 0.219. The number of carbonyl (C=O) groups is 2. The van der Waals surface area contributed by atoms with Crippen molar-refractivity contribution in [1.29, 1.82) is 0 Å². The second-order valence-corrected chi connectivity index (χ2v) is 1.04. The first-order valence-corrected chi connectivity index (χ1v) is 2.75.